The molecule has 1 aromatic heterocycles. The number of carbonyl (C=O) groups is 1. The molecule has 0 saturated carbocycles. The van der Waals surface area contributed by atoms with Gasteiger partial charge in [-0.05, 0) is 43.2 Å². The van der Waals surface area contributed by atoms with Crippen LogP contribution in [0.1, 0.15) is 31.0 Å². The summed E-state index contributed by atoms with van der Waals surface area (Å²) in [5, 5.41) is 7.94. The van der Waals surface area contributed by atoms with E-state index in [0.717, 1.165) is 17.7 Å². The van der Waals surface area contributed by atoms with Gasteiger partial charge in [0.25, 0.3) is 0 Å². The van der Waals surface area contributed by atoms with Crippen LogP contribution < -0.4 is 5.32 Å². The molecule has 0 saturated heterocycles. The average molecular weight is 322 g/mol. The van der Waals surface area contributed by atoms with Crippen LogP contribution in [0, 0.1) is 0 Å². The summed E-state index contributed by atoms with van der Waals surface area (Å²) in [7, 11) is 0. The molecule has 2 heterocycles. The van der Waals surface area contributed by atoms with E-state index in [-0.39, 0.29) is 18.0 Å². The van der Waals surface area contributed by atoms with Crippen LogP contribution in [0.5, 0.6) is 0 Å². The van der Waals surface area contributed by atoms with Crippen LogP contribution in [0.3, 0.4) is 0 Å². The summed E-state index contributed by atoms with van der Waals surface area (Å²) in [6, 6.07) is 7.38. The number of nitrogens with one attached hydrogen (secondary N) is 1. The van der Waals surface area contributed by atoms with E-state index in [1.807, 2.05) is 31.2 Å². The number of nitrogens with zero attached hydrogens (tertiary/aromatic N) is 2. The molecule has 0 bridgehead atoms. The Bertz CT molecular complexity index is 644. The topological polar surface area (TPSA) is 46.9 Å². The van der Waals surface area contributed by atoms with Crippen molar-refractivity contribution in [2.45, 2.75) is 30.3 Å². The molecule has 0 unspecified atom stereocenters. The second-order valence-electron chi connectivity index (χ2n) is 5.04. The van der Waals surface area contributed by atoms with Crippen LogP contribution >= 0.6 is 23.4 Å². The number of hydrogen-bond acceptors (Lipinski definition) is 3. The van der Waals surface area contributed by atoms with E-state index in [2.05, 4.69) is 10.4 Å². The maximum absolute atomic E-state index is 12.4. The summed E-state index contributed by atoms with van der Waals surface area (Å²) >= 11 is 7.89. The third kappa shape index (κ3) is 3.09. The number of amides is 1. The molecule has 0 spiro atoms. The summed E-state index contributed by atoms with van der Waals surface area (Å²) < 4.78 is 1.66. The van der Waals surface area contributed by atoms with E-state index in [1.165, 1.54) is 4.90 Å². The van der Waals surface area contributed by atoms with Crippen LogP contribution in [0.2, 0.25) is 5.02 Å². The van der Waals surface area contributed by atoms with Crippen LogP contribution in [-0.4, -0.2) is 21.4 Å². The first-order chi connectivity index (χ1) is 10.1. The lowest BCUT2D eigenvalue weighted by Crippen LogP contribution is -2.35. The molecule has 1 aromatic carbocycles. The fourth-order valence-electron chi connectivity index (χ4n) is 2.44. The fourth-order valence-corrected chi connectivity index (χ4v) is 3.72. The van der Waals surface area contributed by atoms with Crippen LogP contribution in [0.15, 0.2) is 41.6 Å². The van der Waals surface area contributed by atoms with Crippen molar-refractivity contribution in [1.29, 1.82) is 0 Å². The first-order valence-electron chi connectivity index (χ1n) is 6.87. The number of hydrogen-bond donors (Lipinski definition) is 1. The minimum atomic E-state index is -0.322. The van der Waals surface area contributed by atoms with Crippen LogP contribution in [-0.2, 0) is 4.79 Å². The van der Waals surface area contributed by atoms with Crippen molar-refractivity contribution in [3.8, 4) is 0 Å². The molecule has 1 aliphatic heterocycles. The summed E-state index contributed by atoms with van der Waals surface area (Å²) in [5.41, 5.74) is 1.11. The average Bonchev–Trinajstić information content (AvgIpc) is 3.01. The highest BCUT2D eigenvalue weighted by Gasteiger charge is 2.25. The number of halogens is 1. The van der Waals surface area contributed by atoms with Crippen molar-refractivity contribution in [2.24, 2.45) is 0 Å². The van der Waals surface area contributed by atoms with Gasteiger partial charge in [0.05, 0.1) is 6.04 Å². The van der Waals surface area contributed by atoms with Gasteiger partial charge in [0, 0.05) is 28.1 Å². The van der Waals surface area contributed by atoms with E-state index < -0.39 is 0 Å². The highest BCUT2D eigenvalue weighted by molar-refractivity contribution is 7.99. The number of rotatable bonds is 3. The summed E-state index contributed by atoms with van der Waals surface area (Å²) in [6.07, 6.45) is 4.39. The third-order valence-electron chi connectivity index (χ3n) is 3.63. The standard InChI is InChI=1S/C15H16ClN3OS/c1-10(19-7-2-6-17-19)15(20)18-13-5-8-21-14-4-3-11(16)9-12(13)14/h2-4,6-7,9-10,13H,5,8H2,1H3,(H,18,20)/t10-,13+/m1/s1. The Morgan fingerprint density at radius 1 is 1.57 bits per heavy atom. The highest BCUT2D eigenvalue weighted by atomic mass is 35.5. The molecule has 1 N–H and O–H groups in total. The Morgan fingerprint density at radius 2 is 2.43 bits per heavy atom. The van der Waals surface area contributed by atoms with Gasteiger partial charge in [-0.2, -0.15) is 5.10 Å². The Morgan fingerprint density at radius 3 is 3.19 bits per heavy atom. The second-order valence-corrected chi connectivity index (χ2v) is 6.62. The van der Waals surface area contributed by atoms with Crippen LogP contribution in [0.25, 0.3) is 0 Å². The number of aromatic nitrogens is 2. The van der Waals surface area contributed by atoms with E-state index in [0.29, 0.717) is 5.02 Å². The van der Waals surface area contributed by atoms with Gasteiger partial charge in [-0.25, -0.2) is 0 Å². The number of carbonyl (C=O) groups excluding carboxylic acids is 1. The van der Waals surface area contributed by atoms with Gasteiger partial charge in [0.1, 0.15) is 6.04 Å². The minimum absolute atomic E-state index is 0.0189. The first kappa shape index (κ1) is 14.5. The molecule has 0 fully saturated rings. The van der Waals surface area contributed by atoms with E-state index in [1.54, 1.807) is 28.8 Å². The van der Waals surface area contributed by atoms with E-state index >= 15 is 0 Å². The largest absolute Gasteiger partial charge is 0.347 e. The number of benzene rings is 1. The van der Waals surface area contributed by atoms with Crippen molar-refractivity contribution < 1.29 is 4.79 Å². The van der Waals surface area contributed by atoms with Crippen molar-refractivity contribution in [3.05, 3.63) is 47.2 Å². The monoisotopic (exact) mass is 321 g/mol. The molecule has 2 atom stereocenters. The maximum atomic E-state index is 12.4. The molecule has 6 heteroatoms. The predicted octanol–water partition coefficient (Wildman–Crippen LogP) is 3.45. The minimum Gasteiger partial charge on any atom is -0.347 e. The van der Waals surface area contributed by atoms with Crippen LogP contribution in [0.4, 0.5) is 0 Å². The molecule has 110 valence electrons. The van der Waals surface area contributed by atoms with Gasteiger partial charge in [-0.15, -0.1) is 11.8 Å². The maximum Gasteiger partial charge on any atom is 0.245 e. The summed E-state index contributed by atoms with van der Waals surface area (Å²) in [5.74, 6) is 0.969. The van der Waals surface area contributed by atoms with Crippen molar-refractivity contribution in [1.82, 2.24) is 15.1 Å². The second kappa shape index (κ2) is 6.12. The van der Waals surface area contributed by atoms with Gasteiger partial charge < -0.3 is 5.32 Å². The molecule has 0 radical (unpaired) electrons. The molecular formula is C15H16ClN3OS. The molecule has 0 aliphatic carbocycles. The number of fused-ring (bicyclic) bond motifs is 1. The Balaban J connectivity index is 1.77. The zero-order valence-electron chi connectivity index (χ0n) is 11.6. The van der Waals surface area contributed by atoms with Gasteiger partial charge in [-0.3, -0.25) is 9.48 Å². The molecule has 1 amide bonds. The summed E-state index contributed by atoms with van der Waals surface area (Å²) in [6.45, 7) is 1.85. The predicted molar refractivity (Wildman–Crippen MR) is 84.6 cm³/mol. The molecular weight excluding hydrogens is 306 g/mol. The van der Waals surface area contributed by atoms with Gasteiger partial charge in [0.15, 0.2) is 0 Å². The molecule has 1 aliphatic rings. The molecule has 3 rings (SSSR count). The van der Waals surface area contributed by atoms with E-state index in [4.69, 9.17) is 11.6 Å². The Kier molecular flexibility index (Phi) is 4.22. The van der Waals surface area contributed by atoms with Gasteiger partial charge >= 0.3 is 0 Å². The summed E-state index contributed by atoms with van der Waals surface area (Å²) in [4.78, 5) is 13.6. The fraction of sp³-hybridized carbons (Fsp3) is 0.333. The SMILES string of the molecule is C[C@H](C(=O)N[C@H]1CCSc2ccc(Cl)cc21)n1cccn1. The number of thioether (sulfide) groups is 1. The third-order valence-corrected chi connectivity index (χ3v) is 4.99. The smallest absolute Gasteiger partial charge is 0.245 e. The normalized spacial score (nSPS) is 18.9. The molecule has 4 nitrogen and oxygen atoms in total. The molecule has 2 aromatic rings. The van der Waals surface area contributed by atoms with E-state index in [9.17, 15) is 4.79 Å². The zero-order chi connectivity index (χ0) is 14.8. The Hall–Kier alpha value is -1.46. The van der Waals surface area contributed by atoms with Gasteiger partial charge in [0.2, 0.25) is 5.91 Å². The highest BCUT2D eigenvalue weighted by Crippen LogP contribution is 2.37. The lowest BCUT2D eigenvalue weighted by molar-refractivity contribution is -0.125. The quantitative estimate of drug-likeness (QED) is 0.942. The van der Waals surface area contributed by atoms with Gasteiger partial charge in [-0.1, -0.05) is 11.6 Å². The van der Waals surface area contributed by atoms with Crippen molar-refractivity contribution in [2.75, 3.05) is 5.75 Å². The van der Waals surface area contributed by atoms with Crippen molar-refractivity contribution >= 4 is 29.3 Å². The molecule has 21 heavy (non-hydrogen) atoms. The van der Waals surface area contributed by atoms with Crippen molar-refractivity contribution in [3.63, 3.8) is 0 Å². The first-order valence-corrected chi connectivity index (χ1v) is 8.23. The lowest BCUT2D eigenvalue weighted by atomic mass is 10.0. The lowest BCUT2D eigenvalue weighted by Gasteiger charge is -2.27. The Labute approximate surface area is 132 Å². The zero-order valence-corrected chi connectivity index (χ0v) is 13.2.